The smallest absolute Gasteiger partial charge is 0.300 e. The van der Waals surface area contributed by atoms with Gasteiger partial charge < -0.3 is 10.2 Å². The Labute approximate surface area is 91.5 Å². The molecule has 3 nitrogen and oxygen atoms in total. The lowest BCUT2D eigenvalue weighted by Crippen LogP contribution is -2.35. The maximum absolute atomic E-state index is 9.81. The van der Waals surface area contributed by atoms with E-state index in [-0.39, 0.29) is 11.5 Å². The summed E-state index contributed by atoms with van der Waals surface area (Å²) in [6.45, 7) is 7.98. The number of carboxylic acids is 1. The van der Waals surface area contributed by atoms with Crippen molar-refractivity contribution in [2.75, 3.05) is 0 Å². The minimum atomic E-state index is -0.833. The Morgan fingerprint density at radius 1 is 1.33 bits per heavy atom. The van der Waals surface area contributed by atoms with E-state index in [0.29, 0.717) is 5.41 Å². The molecule has 2 aliphatic rings. The summed E-state index contributed by atoms with van der Waals surface area (Å²) in [4.78, 5) is 9.00. The van der Waals surface area contributed by atoms with Crippen molar-refractivity contribution in [2.45, 2.75) is 53.1 Å². The molecule has 0 aromatic heterocycles. The molecule has 0 amide bonds. The SMILES string of the molecule is CC(=O)O.CC1(C)[C@@H]2CC[C@]1(C)[C@@H](O)C2. The number of aliphatic hydroxyl groups is 1. The van der Waals surface area contributed by atoms with Gasteiger partial charge in [-0.1, -0.05) is 20.8 Å². The zero-order valence-corrected chi connectivity index (χ0v) is 10.1. The Morgan fingerprint density at radius 3 is 1.93 bits per heavy atom. The van der Waals surface area contributed by atoms with Crippen molar-refractivity contribution in [1.29, 1.82) is 0 Å². The first-order valence-electron chi connectivity index (χ1n) is 5.59. The van der Waals surface area contributed by atoms with E-state index in [9.17, 15) is 5.11 Å². The lowest BCUT2D eigenvalue weighted by atomic mass is 9.70. The molecule has 88 valence electrons. The molecule has 0 unspecified atom stereocenters. The minimum absolute atomic E-state index is 0.0313. The molecule has 2 aliphatic carbocycles. The Kier molecular flexibility index (Phi) is 3.15. The summed E-state index contributed by atoms with van der Waals surface area (Å²) in [7, 11) is 0. The van der Waals surface area contributed by atoms with Crippen LogP contribution in [-0.2, 0) is 4.79 Å². The Hall–Kier alpha value is -0.570. The van der Waals surface area contributed by atoms with E-state index in [1.165, 1.54) is 12.8 Å². The van der Waals surface area contributed by atoms with Crippen molar-refractivity contribution >= 4 is 5.97 Å². The predicted octanol–water partition coefficient (Wildman–Crippen LogP) is 2.28. The van der Waals surface area contributed by atoms with Crippen LogP contribution in [0.1, 0.15) is 47.0 Å². The van der Waals surface area contributed by atoms with Crippen LogP contribution in [0.2, 0.25) is 0 Å². The summed E-state index contributed by atoms with van der Waals surface area (Å²) in [5.74, 6) is -0.0532. The van der Waals surface area contributed by atoms with E-state index in [1.54, 1.807) is 0 Å². The molecule has 2 bridgehead atoms. The van der Waals surface area contributed by atoms with Gasteiger partial charge in [0.15, 0.2) is 0 Å². The first kappa shape index (κ1) is 12.5. The van der Waals surface area contributed by atoms with Crippen molar-refractivity contribution < 1.29 is 15.0 Å². The average Bonchev–Trinajstić information content (AvgIpc) is 2.36. The first-order chi connectivity index (χ1) is 6.72. The Bertz CT molecular complexity index is 256. The predicted molar refractivity (Wildman–Crippen MR) is 58.5 cm³/mol. The topological polar surface area (TPSA) is 57.5 Å². The number of hydrogen-bond acceptors (Lipinski definition) is 2. The molecule has 2 N–H and O–H groups in total. The summed E-state index contributed by atoms with van der Waals surface area (Å²) in [5.41, 5.74) is 0.601. The molecule has 2 rings (SSSR count). The lowest BCUT2D eigenvalue weighted by molar-refractivity contribution is -0.134. The van der Waals surface area contributed by atoms with E-state index in [1.807, 2.05) is 0 Å². The summed E-state index contributed by atoms with van der Waals surface area (Å²) in [5, 5.41) is 17.2. The number of hydrogen-bond donors (Lipinski definition) is 2. The van der Waals surface area contributed by atoms with Gasteiger partial charge in [0.25, 0.3) is 5.97 Å². The number of carbonyl (C=O) groups is 1. The van der Waals surface area contributed by atoms with Gasteiger partial charge in [0.2, 0.25) is 0 Å². The third kappa shape index (κ3) is 1.89. The van der Waals surface area contributed by atoms with Gasteiger partial charge >= 0.3 is 0 Å². The van der Waals surface area contributed by atoms with Crippen LogP contribution in [0.3, 0.4) is 0 Å². The molecular formula is C12H22O3. The first-order valence-corrected chi connectivity index (χ1v) is 5.59. The monoisotopic (exact) mass is 214 g/mol. The molecular weight excluding hydrogens is 192 g/mol. The summed E-state index contributed by atoms with van der Waals surface area (Å²) < 4.78 is 0. The highest BCUT2D eigenvalue weighted by Gasteiger charge is 2.60. The highest BCUT2D eigenvalue weighted by Crippen LogP contribution is 2.65. The van der Waals surface area contributed by atoms with Crippen LogP contribution in [0, 0.1) is 16.7 Å². The van der Waals surface area contributed by atoms with Crippen LogP contribution in [-0.4, -0.2) is 22.3 Å². The number of aliphatic hydroxyl groups excluding tert-OH is 1. The molecule has 0 spiro atoms. The van der Waals surface area contributed by atoms with Crippen LogP contribution in [0.15, 0.2) is 0 Å². The van der Waals surface area contributed by atoms with Gasteiger partial charge in [-0.25, -0.2) is 0 Å². The van der Waals surface area contributed by atoms with Gasteiger partial charge in [0.1, 0.15) is 0 Å². The molecule has 0 aliphatic heterocycles. The van der Waals surface area contributed by atoms with E-state index < -0.39 is 5.97 Å². The quantitative estimate of drug-likeness (QED) is 0.650. The number of carboxylic acid groups (broad SMARTS) is 1. The summed E-state index contributed by atoms with van der Waals surface area (Å²) in [6.07, 6.45) is 3.58. The highest BCUT2D eigenvalue weighted by atomic mass is 16.4. The van der Waals surface area contributed by atoms with Crippen LogP contribution in [0.25, 0.3) is 0 Å². The van der Waals surface area contributed by atoms with Gasteiger partial charge in [0, 0.05) is 6.92 Å². The molecule has 0 radical (unpaired) electrons. The van der Waals surface area contributed by atoms with Crippen LogP contribution >= 0.6 is 0 Å². The molecule has 0 heterocycles. The zero-order valence-electron chi connectivity index (χ0n) is 10.1. The van der Waals surface area contributed by atoms with E-state index >= 15 is 0 Å². The van der Waals surface area contributed by atoms with Gasteiger partial charge in [0.05, 0.1) is 6.10 Å². The fraction of sp³-hybridized carbons (Fsp3) is 0.917. The van der Waals surface area contributed by atoms with Gasteiger partial charge in [-0.15, -0.1) is 0 Å². The van der Waals surface area contributed by atoms with Crippen LogP contribution < -0.4 is 0 Å². The number of rotatable bonds is 0. The van der Waals surface area contributed by atoms with Gasteiger partial charge in [-0.2, -0.15) is 0 Å². The molecule has 3 heteroatoms. The average molecular weight is 214 g/mol. The maximum Gasteiger partial charge on any atom is 0.300 e. The third-order valence-corrected chi connectivity index (χ3v) is 4.75. The van der Waals surface area contributed by atoms with Crippen molar-refractivity contribution in [2.24, 2.45) is 16.7 Å². The standard InChI is InChI=1S/C10H18O.C2H4O2/c1-9(2)7-4-5-10(9,3)8(11)6-7;1-2(3)4/h7-8,11H,4-6H2,1-3H3;1H3,(H,3,4)/t7-,8+,10-;/m1./s1. The Balaban J connectivity index is 0.000000245. The molecule has 0 saturated heterocycles. The van der Waals surface area contributed by atoms with Crippen LogP contribution in [0.4, 0.5) is 0 Å². The van der Waals surface area contributed by atoms with Crippen molar-refractivity contribution in [3.8, 4) is 0 Å². The van der Waals surface area contributed by atoms with Gasteiger partial charge in [-0.05, 0) is 36.0 Å². The molecule has 2 saturated carbocycles. The normalized spacial score (nSPS) is 40.9. The summed E-state index contributed by atoms with van der Waals surface area (Å²) >= 11 is 0. The highest BCUT2D eigenvalue weighted by molar-refractivity contribution is 5.62. The second-order valence-electron chi connectivity index (χ2n) is 5.65. The Morgan fingerprint density at radius 2 is 1.80 bits per heavy atom. The number of fused-ring (bicyclic) bond motifs is 2. The van der Waals surface area contributed by atoms with E-state index in [0.717, 1.165) is 19.3 Å². The lowest BCUT2D eigenvalue weighted by Gasteiger charge is -2.36. The van der Waals surface area contributed by atoms with E-state index in [4.69, 9.17) is 9.90 Å². The molecule has 3 atom stereocenters. The second kappa shape index (κ2) is 3.78. The van der Waals surface area contributed by atoms with Crippen molar-refractivity contribution in [1.82, 2.24) is 0 Å². The van der Waals surface area contributed by atoms with Crippen molar-refractivity contribution in [3.63, 3.8) is 0 Å². The second-order valence-corrected chi connectivity index (χ2v) is 5.65. The molecule has 0 aromatic carbocycles. The summed E-state index contributed by atoms with van der Waals surface area (Å²) in [6, 6.07) is 0. The van der Waals surface area contributed by atoms with Gasteiger partial charge in [-0.3, -0.25) is 4.79 Å². The zero-order chi connectivity index (χ0) is 11.9. The molecule has 2 fully saturated rings. The largest absolute Gasteiger partial charge is 0.481 e. The molecule has 15 heavy (non-hydrogen) atoms. The molecule has 0 aromatic rings. The number of aliphatic carboxylic acids is 1. The van der Waals surface area contributed by atoms with E-state index in [2.05, 4.69) is 20.8 Å². The van der Waals surface area contributed by atoms with Crippen molar-refractivity contribution in [3.05, 3.63) is 0 Å². The van der Waals surface area contributed by atoms with Crippen LogP contribution in [0.5, 0.6) is 0 Å². The fourth-order valence-electron chi connectivity index (χ4n) is 3.16. The third-order valence-electron chi connectivity index (χ3n) is 4.75. The minimum Gasteiger partial charge on any atom is -0.481 e. The maximum atomic E-state index is 9.81. The fourth-order valence-corrected chi connectivity index (χ4v) is 3.16.